The van der Waals surface area contributed by atoms with E-state index in [1.807, 2.05) is 30.3 Å². The van der Waals surface area contributed by atoms with E-state index in [4.69, 9.17) is 4.74 Å². The number of fused-ring (bicyclic) bond motifs is 1. The minimum absolute atomic E-state index is 0.0287. The number of ether oxygens (including phenoxy) is 1. The van der Waals surface area contributed by atoms with Crippen LogP contribution in [0.2, 0.25) is 0 Å². The van der Waals surface area contributed by atoms with Gasteiger partial charge >= 0.3 is 0 Å². The number of aromatic amines is 1. The quantitative estimate of drug-likeness (QED) is 0.332. The van der Waals surface area contributed by atoms with Crippen LogP contribution < -0.4 is 9.46 Å². The number of hydrogen-bond acceptors (Lipinski definition) is 5. The smallest absolute Gasteiger partial charge is 0.232 e. The monoisotopic (exact) mass is 485 g/mol. The summed E-state index contributed by atoms with van der Waals surface area (Å²) in [5, 5.41) is 0.311. The average Bonchev–Trinajstić information content (AvgIpc) is 3.23. The van der Waals surface area contributed by atoms with Gasteiger partial charge in [-0.1, -0.05) is 37.3 Å². The van der Waals surface area contributed by atoms with Gasteiger partial charge in [-0.05, 0) is 30.2 Å². The molecular weight excluding hydrogens is 464 g/mol. The van der Waals surface area contributed by atoms with Crippen molar-refractivity contribution in [2.75, 3.05) is 10.5 Å². The number of benzene rings is 2. The first-order chi connectivity index (χ1) is 16.3. The minimum Gasteiger partial charge on any atom is -0.487 e. The van der Waals surface area contributed by atoms with Crippen LogP contribution in [0.4, 0.5) is 14.5 Å². The summed E-state index contributed by atoms with van der Waals surface area (Å²) in [7, 11) is -3.84. The van der Waals surface area contributed by atoms with Crippen molar-refractivity contribution in [1.29, 1.82) is 0 Å². The Morgan fingerprint density at radius 2 is 1.91 bits per heavy atom. The number of carbonyl (C=O) groups excluding carboxylic acids is 1. The van der Waals surface area contributed by atoms with E-state index in [0.717, 1.165) is 17.7 Å². The minimum atomic E-state index is -3.84. The molecule has 4 aromatic rings. The van der Waals surface area contributed by atoms with Crippen LogP contribution in [0, 0.1) is 11.6 Å². The largest absolute Gasteiger partial charge is 0.487 e. The van der Waals surface area contributed by atoms with Gasteiger partial charge in [-0.25, -0.2) is 22.2 Å². The van der Waals surface area contributed by atoms with Crippen molar-refractivity contribution < 1.29 is 26.7 Å². The highest BCUT2D eigenvalue weighted by Gasteiger charge is 2.26. The second-order valence-corrected chi connectivity index (χ2v) is 9.42. The van der Waals surface area contributed by atoms with Crippen molar-refractivity contribution in [2.24, 2.45) is 0 Å². The lowest BCUT2D eigenvalue weighted by molar-refractivity contribution is 0.103. The molecule has 2 heterocycles. The lowest BCUT2D eigenvalue weighted by Crippen LogP contribution is -2.18. The van der Waals surface area contributed by atoms with Crippen LogP contribution in [-0.2, 0) is 16.6 Å². The second kappa shape index (κ2) is 9.60. The van der Waals surface area contributed by atoms with Gasteiger partial charge in [0.25, 0.3) is 0 Å². The topological polar surface area (TPSA) is 101 Å². The first-order valence-corrected chi connectivity index (χ1v) is 12.1. The molecule has 34 heavy (non-hydrogen) atoms. The maximum Gasteiger partial charge on any atom is 0.232 e. The van der Waals surface area contributed by atoms with Gasteiger partial charge in [0.1, 0.15) is 23.8 Å². The van der Waals surface area contributed by atoms with E-state index in [1.165, 1.54) is 12.4 Å². The van der Waals surface area contributed by atoms with Crippen LogP contribution in [0.1, 0.15) is 34.8 Å². The summed E-state index contributed by atoms with van der Waals surface area (Å²) in [5.74, 6) is -3.23. The molecule has 0 unspecified atom stereocenters. The lowest BCUT2D eigenvalue weighted by atomic mass is 10.0. The van der Waals surface area contributed by atoms with Gasteiger partial charge in [0, 0.05) is 17.1 Å². The van der Waals surface area contributed by atoms with Gasteiger partial charge in [0.2, 0.25) is 15.8 Å². The number of pyridine rings is 1. The molecule has 4 rings (SSSR count). The molecule has 7 nitrogen and oxygen atoms in total. The van der Waals surface area contributed by atoms with Crippen molar-refractivity contribution in [1.82, 2.24) is 9.97 Å². The Morgan fingerprint density at radius 1 is 1.15 bits per heavy atom. The van der Waals surface area contributed by atoms with E-state index in [9.17, 15) is 17.6 Å². The van der Waals surface area contributed by atoms with E-state index < -0.39 is 38.7 Å². The first-order valence-electron chi connectivity index (χ1n) is 10.5. The highest BCUT2D eigenvalue weighted by molar-refractivity contribution is 7.92. The zero-order valence-corrected chi connectivity index (χ0v) is 19.0. The molecule has 10 heteroatoms. The molecule has 0 aliphatic carbocycles. The lowest BCUT2D eigenvalue weighted by Gasteiger charge is -2.11. The zero-order chi connectivity index (χ0) is 24.3. The fraction of sp³-hybridized carbons (Fsp3) is 0.167. The molecule has 0 fully saturated rings. The number of nitrogens with one attached hydrogen (secondary N) is 2. The number of rotatable bonds is 9. The maximum atomic E-state index is 15.1. The van der Waals surface area contributed by atoms with E-state index >= 15 is 4.39 Å². The standard InChI is InChI=1S/C24H21F2N3O4S/c1-2-10-34(31,32)29-20-9-8-19(25)21(22(20)26)23(30)18-13-28-24-17(18)11-16(12-27-24)33-14-15-6-4-3-5-7-15/h3-9,11-13,29H,2,10,14H2,1H3,(H,27,28). The number of H-pyrrole nitrogens is 1. The van der Waals surface area contributed by atoms with Crippen LogP contribution >= 0.6 is 0 Å². The maximum absolute atomic E-state index is 15.1. The Kier molecular flexibility index (Phi) is 6.60. The van der Waals surface area contributed by atoms with Crippen molar-refractivity contribution in [3.8, 4) is 5.75 Å². The van der Waals surface area contributed by atoms with Crippen LogP contribution in [0.5, 0.6) is 5.75 Å². The zero-order valence-electron chi connectivity index (χ0n) is 18.1. The van der Waals surface area contributed by atoms with E-state index in [0.29, 0.717) is 23.2 Å². The molecule has 0 saturated heterocycles. The van der Waals surface area contributed by atoms with Crippen LogP contribution in [0.15, 0.2) is 60.9 Å². The number of nitrogens with zero attached hydrogens (tertiary/aromatic N) is 1. The number of anilines is 1. The number of aromatic nitrogens is 2. The third kappa shape index (κ3) is 4.91. The molecule has 0 aliphatic heterocycles. The molecule has 2 aromatic carbocycles. The van der Waals surface area contributed by atoms with Gasteiger partial charge in [-0.15, -0.1) is 0 Å². The van der Waals surface area contributed by atoms with Crippen molar-refractivity contribution in [3.05, 3.63) is 89.2 Å². The molecule has 2 N–H and O–H groups in total. The van der Waals surface area contributed by atoms with Gasteiger partial charge < -0.3 is 9.72 Å². The molecule has 2 aromatic heterocycles. The molecule has 0 atom stereocenters. The number of ketones is 1. The third-order valence-corrected chi connectivity index (χ3v) is 6.53. The molecule has 0 radical (unpaired) electrons. The van der Waals surface area contributed by atoms with Gasteiger partial charge in [-0.3, -0.25) is 9.52 Å². The molecular formula is C24H21F2N3O4S. The fourth-order valence-corrected chi connectivity index (χ4v) is 4.59. The summed E-state index contributed by atoms with van der Waals surface area (Å²) in [5.41, 5.74) is -0.134. The molecule has 0 aliphatic rings. The molecule has 0 bridgehead atoms. The Hall–Kier alpha value is -3.79. The normalized spacial score (nSPS) is 11.5. The third-order valence-electron chi connectivity index (χ3n) is 5.06. The average molecular weight is 486 g/mol. The number of hydrogen-bond donors (Lipinski definition) is 2. The molecule has 0 amide bonds. The highest BCUT2D eigenvalue weighted by Crippen LogP contribution is 2.29. The summed E-state index contributed by atoms with van der Waals surface area (Å²) in [6, 6.07) is 12.8. The van der Waals surface area contributed by atoms with E-state index in [-0.39, 0.29) is 17.9 Å². The Balaban J connectivity index is 1.67. The van der Waals surface area contributed by atoms with Crippen molar-refractivity contribution in [2.45, 2.75) is 20.0 Å². The predicted molar refractivity (Wildman–Crippen MR) is 124 cm³/mol. The second-order valence-electron chi connectivity index (χ2n) is 7.58. The van der Waals surface area contributed by atoms with E-state index in [1.54, 1.807) is 13.0 Å². The van der Waals surface area contributed by atoms with Crippen LogP contribution in [0.3, 0.4) is 0 Å². The number of carbonyl (C=O) groups is 1. The summed E-state index contributed by atoms with van der Waals surface area (Å²) in [4.78, 5) is 20.2. The van der Waals surface area contributed by atoms with Crippen molar-refractivity contribution >= 4 is 32.5 Å². The molecule has 0 spiro atoms. The number of sulfonamides is 1. The molecule has 0 saturated carbocycles. The fourth-order valence-electron chi connectivity index (χ4n) is 3.45. The highest BCUT2D eigenvalue weighted by atomic mass is 32.2. The SMILES string of the molecule is CCCS(=O)(=O)Nc1ccc(F)c(C(=O)c2c[nH]c3ncc(OCc4ccccc4)cc23)c1F. The Morgan fingerprint density at radius 3 is 2.65 bits per heavy atom. The van der Waals surface area contributed by atoms with Gasteiger partial charge in [-0.2, -0.15) is 0 Å². The van der Waals surface area contributed by atoms with Gasteiger partial charge in [0.15, 0.2) is 5.82 Å². The van der Waals surface area contributed by atoms with Gasteiger partial charge in [0.05, 0.1) is 23.2 Å². The summed E-state index contributed by atoms with van der Waals surface area (Å²) in [6.07, 6.45) is 3.08. The van der Waals surface area contributed by atoms with Crippen molar-refractivity contribution in [3.63, 3.8) is 0 Å². The summed E-state index contributed by atoms with van der Waals surface area (Å²) in [6.45, 7) is 1.92. The predicted octanol–water partition coefficient (Wildman–Crippen LogP) is 4.80. The first kappa shape index (κ1) is 23.4. The summed E-state index contributed by atoms with van der Waals surface area (Å²) < 4.78 is 61.5. The molecule has 176 valence electrons. The Bertz CT molecular complexity index is 1450. The summed E-state index contributed by atoms with van der Waals surface area (Å²) >= 11 is 0. The number of halogens is 2. The van der Waals surface area contributed by atoms with E-state index in [2.05, 4.69) is 14.7 Å². The van der Waals surface area contributed by atoms with Crippen LogP contribution in [0.25, 0.3) is 11.0 Å². The Labute approximate surface area is 194 Å². The van der Waals surface area contributed by atoms with Crippen LogP contribution in [-0.4, -0.2) is 29.9 Å².